The molecule has 8 nitrogen and oxygen atoms in total. The Labute approximate surface area is 160 Å². The number of carbonyl (C=O) groups excluding carboxylic acids is 2. The normalized spacial score (nSPS) is 10.2. The summed E-state index contributed by atoms with van der Waals surface area (Å²) in [5.74, 6) is -1.57. The van der Waals surface area contributed by atoms with Crippen LogP contribution in [0.5, 0.6) is 0 Å². The van der Waals surface area contributed by atoms with Crippen LogP contribution in [0, 0.1) is 0 Å². The third-order valence-corrected chi connectivity index (χ3v) is 3.76. The number of aromatic carboxylic acids is 1. The zero-order valence-electron chi connectivity index (χ0n) is 14.8. The largest absolute Gasteiger partial charge is 0.478 e. The monoisotopic (exact) mass is 376 g/mol. The highest BCUT2D eigenvalue weighted by Gasteiger charge is 2.10. The number of carboxylic acid groups (broad SMARTS) is 1. The minimum atomic E-state index is -1.05. The van der Waals surface area contributed by atoms with Crippen LogP contribution in [0.25, 0.3) is 11.4 Å². The molecule has 1 aromatic carbocycles. The number of anilines is 2. The number of pyridine rings is 2. The summed E-state index contributed by atoms with van der Waals surface area (Å²) in [6.45, 7) is 1.42. The van der Waals surface area contributed by atoms with Gasteiger partial charge in [-0.2, -0.15) is 0 Å². The van der Waals surface area contributed by atoms with Gasteiger partial charge in [0.1, 0.15) is 0 Å². The first-order valence-electron chi connectivity index (χ1n) is 8.27. The van der Waals surface area contributed by atoms with Crippen LogP contribution in [0.1, 0.15) is 27.6 Å². The lowest BCUT2D eigenvalue weighted by molar-refractivity contribution is -0.114. The number of hydrogen-bond donors (Lipinski definition) is 3. The summed E-state index contributed by atoms with van der Waals surface area (Å²) < 4.78 is 0. The van der Waals surface area contributed by atoms with Crippen molar-refractivity contribution in [2.75, 3.05) is 10.6 Å². The number of amides is 2. The Morgan fingerprint density at radius 1 is 0.821 bits per heavy atom. The number of aromatic nitrogens is 2. The molecule has 3 aromatic rings. The van der Waals surface area contributed by atoms with Crippen molar-refractivity contribution in [1.82, 2.24) is 9.97 Å². The lowest BCUT2D eigenvalue weighted by Crippen LogP contribution is -2.12. The first-order chi connectivity index (χ1) is 13.4. The fraction of sp³-hybridized carbons (Fsp3) is 0.0500. The van der Waals surface area contributed by atoms with Crippen LogP contribution in [0.4, 0.5) is 11.4 Å². The molecule has 0 atom stereocenters. The molecule has 0 aliphatic rings. The minimum Gasteiger partial charge on any atom is -0.478 e. The van der Waals surface area contributed by atoms with E-state index in [1.165, 1.54) is 31.5 Å². The minimum absolute atomic E-state index is 0.108. The van der Waals surface area contributed by atoms with Gasteiger partial charge in [-0.3, -0.25) is 19.6 Å². The molecule has 0 spiro atoms. The van der Waals surface area contributed by atoms with Gasteiger partial charge >= 0.3 is 5.97 Å². The highest BCUT2D eigenvalue weighted by Crippen LogP contribution is 2.18. The average molecular weight is 376 g/mol. The van der Waals surface area contributed by atoms with E-state index in [9.17, 15) is 14.4 Å². The smallest absolute Gasteiger partial charge is 0.335 e. The van der Waals surface area contributed by atoms with E-state index in [0.717, 1.165) is 0 Å². The summed E-state index contributed by atoms with van der Waals surface area (Å²) >= 11 is 0. The molecule has 2 heterocycles. The average Bonchev–Trinajstić information content (AvgIpc) is 2.69. The number of nitrogens with one attached hydrogen (secondary N) is 2. The van der Waals surface area contributed by atoms with Gasteiger partial charge in [0.2, 0.25) is 5.91 Å². The molecule has 0 aliphatic carbocycles. The molecule has 0 saturated carbocycles. The summed E-state index contributed by atoms with van der Waals surface area (Å²) in [5, 5.41) is 14.4. The topological polar surface area (TPSA) is 121 Å². The Morgan fingerprint density at radius 3 is 2.07 bits per heavy atom. The maximum Gasteiger partial charge on any atom is 0.335 e. The van der Waals surface area contributed by atoms with Crippen LogP contribution in [-0.2, 0) is 4.79 Å². The third kappa shape index (κ3) is 4.55. The van der Waals surface area contributed by atoms with Gasteiger partial charge in [0, 0.05) is 30.7 Å². The third-order valence-electron chi connectivity index (χ3n) is 3.76. The Bertz CT molecular complexity index is 1030. The summed E-state index contributed by atoms with van der Waals surface area (Å²) in [6, 6.07) is 12.7. The second kappa shape index (κ2) is 8.09. The maximum atomic E-state index is 12.4. The van der Waals surface area contributed by atoms with E-state index in [0.29, 0.717) is 28.3 Å². The molecule has 2 aromatic heterocycles. The van der Waals surface area contributed by atoms with E-state index in [-0.39, 0.29) is 17.4 Å². The lowest BCUT2D eigenvalue weighted by atomic mass is 10.1. The van der Waals surface area contributed by atoms with Gasteiger partial charge in [-0.05, 0) is 48.5 Å². The van der Waals surface area contributed by atoms with Crippen molar-refractivity contribution >= 4 is 29.2 Å². The van der Waals surface area contributed by atoms with Crippen LogP contribution in [0.15, 0.2) is 60.9 Å². The van der Waals surface area contributed by atoms with Gasteiger partial charge < -0.3 is 15.7 Å². The number of rotatable bonds is 5. The van der Waals surface area contributed by atoms with E-state index < -0.39 is 5.97 Å². The van der Waals surface area contributed by atoms with E-state index in [2.05, 4.69) is 20.6 Å². The second-order valence-corrected chi connectivity index (χ2v) is 5.88. The molecule has 140 valence electrons. The molecule has 0 saturated heterocycles. The number of benzene rings is 1. The quantitative estimate of drug-likeness (QED) is 0.629. The predicted molar refractivity (Wildman–Crippen MR) is 103 cm³/mol. The van der Waals surface area contributed by atoms with E-state index in [4.69, 9.17) is 5.11 Å². The molecule has 0 bridgehead atoms. The Balaban J connectivity index is 1.71. The zero-order valence-corrected chi connectivity index (χ0v) is 14.8. The van der Waals surface area contributed by atoms with Crippen molar-refractivity contribution in [3.8, 4) is 11.4 Å². The van der Waals surface area contributed by atoms with Crippen molar-refractivity contribution < 1.29 is 19.5 Å². The van der Waals surface area contributed by atoms with Gasteiger partial charge in [0.05, 0.1) is 22.5 Å². The second-order valence-electron chi connectivity index (χ2n) is 5.88. The van der Waals surface area contributed by atoms with Crippen LogP contribution in [0.2, 0.25) is 0 Å². The first-order valence-corrected chi connectivity index (χ1v) is 8.27. The molecule has 28 heavy (non-hydrogen) atoms. The van der Waals surface area contributed by atoms with E-state index in [1.807, 2.05) is 0 Å². The Morgan fingerprint density at radius 2 is 1.50 bits per heavy atom. The fourth-order valence-electron chi connectivity index (χ4n) is 2.43. The van der Waals surface area contributed by atoms with Gasteiger partial charge in [-0.15, -0.1) is 0 Å². The highest BCUT2D eigenvalue weighted by atomic mass is 16.4. The van der Waals surface area contributed by atoms with E-state index in [1.54, 1.807) is 36.4 Å². The summed E-state index contributed by atoms with van der Waals surface area (Å²) in [7, 11) is 0. The van der Waals surface area contributed by atoms with E-state index >= 15 is 0 Å². The van der Waals surface area contributed by atoms with Crippen LogP contribution in [0.3, 0.4) is 0 Å². The Kier molecular flexibility index (Phi) is 5.40. The van der Waals surface area contributed by atoms with Gasteiger partial charge in [-0.25, -0.2) is 4.79 Å². The van der Waals surface area contributed by atoms with Crippen LogP contribution < -0.4 is 10.6 Å². The molecule has 3 N–H and O–H groups in total. The van der Waals surface area contributed by atoms with Crippen LogP contribution >= 0.6 is 0 Å². The number of nitrogens with zero attached hydrogens (tertiary/aromatic N) is 2. The van der Waals surface area contributed by atoms with Crippen molar-refractivity contribution in [3.05, 3.63) is 72.1 Å². The van der Waals surface area contributed by atoms with Gasteiger partial charge in [0.25, 0.3) is 5.91 Å². The van der Waals surface area contributed by atoms with Gasteiger partial charge in [0.15, 0.2) is 0 Å². The van der Waals surface area contributed by atoms with Crippen molar-refractivity contribution in [2.24, 2.45) is 0 Å². The number of carboxylic acids is 1. The molecule has 2 amide bonds. The molecule has 0 radical (unpaired) electrons. The van der Waals surface area contributed by atoms with Crippen LogP contribution in [-0.4, -0.2) is 32.9 Å². The lowest BCUT2D eigenvalue weighted by Gasteiger charge is -2.07. The predicted octanol–water partition coefficient (Wildman–Crippen LogP) is 3.05. The standard InChI is InChI=1S/C20H16N4O4/c1-12(25)23-15-3-5-16(6-4-15)24-19(26)14-2-7-17(22-11-14)18-10-13(20(27)28)8-9-21-18/h2-11H,1H3,(H,23,25)(H,24,26)(H,27,28). The van der Waals surface area contributed by atoms with Crippen molar-refractivity contribution in [3.63, 3.8) is 0 Å². The summed E-state index contributed by atoms with van der Waals surface area (Å²) in [5.41, 5.74) is 2.51. The molecule has 0 aliphatic heterocycles. The fourth-order valence-corrected chi connectivity index (χ4v) is 2.43. The Hall–Kier alpha value is -4.07. The maximum absolute atomic E-state index is 12.4. The van der Waals surface area contributed by atoms with Crippen molar-refractivity contribution in [1.29, 1.82) is 0 Å². The molecule has 0 fully saturated rings. The zero-order chi connectivity index (χ0) is 20.1. The SMILES string of the molecule is CC(=O)Nc1ccc(NC(=O)c2ccc(-c3cc(C(=O)O)ccn3)nc2)cc1. The number of hydrogen-bond acceptors (Lipinski definition) is 5. The highest BCUT2D eigenvalue weighted by molar-refractivity contribution is 6.04. The first kappa shape index (κ1) is 18.7. The molecule has 3 rings (SSSR count). The summed E-state index contributed by atoms with van der Waals surface area (Å²) in [4.78, 5) is 42.7. The molecular weight excluding hydrogens is 360 g/mol. The summed E-state index contributed by atoms with van der Waals surface area (Å²) in [6.07, 6.45) is 2.79. The molecule has 0 unspecified atom stereocenters. The van der Waals surface area contributed by atoms with Gasteiger partial charge in [-0.1, -0.05) is 0 Å². The molecular formula is C20H16N4O4. The molecule has 8 heteroatoms. The number of carbonyl (C=O) groups is 3. The van der Waals surface area contributed by atoms with Crippen molar-refractivity contribution in [2.45, 2.75) is 6.92 Å².